The van der Waals surface area contributed by atoms with E-state index in [1.54, 1.807) is 18.2 Å². The van der Waals surface area contributed by atoms with Gasteiger partial charge in [0.25, 0.3) is 5.56 Å². The van der Waals surface area contributed by atoms with Gasteiger partial charge in [0, 0.05) is 29.6 Å². The lowest BCUT2D eigenvalue weighted by molar-refractivity contribution is -0.117. The highest BCUT2D eigenvalue weighted by molar-refractivity contribution is 5.96. The van der Waals surface area contributed by atoms with Gasteiger partial charge in [-0.2, -0.15) is 0 Å². The Balaban J connectivity index is 1.49. The van der Waals surface area contributed by atoms with Crippen LogP contribution in [0.3, 0.4) is 0 Å². The fourth-order valence-electron chi connectivity index (χ4n) is 3.36. The molecule has 0 unspecified atom stereocenters. The van der Waals surface area contributed by atoms with Crippen molar-refractivity contribution in [2.45, 2.75) is 32.9 Å². The Morgan fingerprint density at radius 3 is 2.47 bits per heavy atom. The maximum absolute atomic E-state index is 12.8. The van der Waals surface area contributed by atoms with Crippen LogP contribution in [0.15, 0.2) is 70.4 Å². The predicted octanol–water partition coefficient (Wildman–Crippen LogP) is 2.35. The Bertz CT molecular complexity index is 1270. The first-order valence-electron chi connectivity index (χ1n) is 10.5. The van der Waals surface area contributed by atoms with Crippen molar-refractivity contribution < 1.29 is 9.59 Å². The van der Waals surface area contributed by atoms with Crippen molar-refractivity contribution >= 4 is 23.2 Å². The van der Waals surface area contributed by atoms with Crippen molar-refractivity contribution in [1.82, 2.24) is 9.13 Å². The molecule has 1 aliphatic rings. The van der Waals surface area contributed by atoms with E-state index in [1.165, 1.54) is 16.8 Å². The molecule has 4 rings (SSSR count). The summed E-state index contributed by atoms with van der Waals surface area (Å²) < 4.78 is 2.30. The second-order valence-corrected chi connectivity index (χ2v) is 7.98. The van der Waals surface area contributed by atoms with E-state index in [9.17, 15) is 19.2 Å². The third kappa shape index (κ3) is 5.03. The number of nitrogens with one attached hydrogen (secondary N) is 2. The lowest BCUT2D eigenvalue weighted by Gasteiger charge is -2.13. The number of benzene rings is 2. The fourth-order valence-corrected chi connectivity index (χ4v) is 3.36. The van der Waals surface area contributed by atoms with E-state index in [0.29, 0.717) is 17.9 Å². The highest BCUT2D eigenvalue weighted by atomic mass is 16.2. The minimum atomic E-state index is -0.557. The maximum atomic E-state index is 12.8. The number of rotatable bonds is 7. The zero-order chi connectivity index (χ0) is 22.7. The summed E-state index contributed by atoms with van der Waals surface area (Å²) in [5, 5.41) is 5.59. The summed E-state index contributed by atoms with van der Waals surface area (Å²) in [7, 11) is 0. The maximum Gasteiger partial charge on any atom is 0.331 e. The van der Waals surface area contributed by atoms with E-state index in [4.69, 9.17) is 0 Å². The van der Waals surface area contributed by atoms with Crippen LogP contribution in [-0.2, 0) is 22.7 Å². The van der Waals surface area contributed by atoms with Gasteiger partial charge >= 0.3 is 5.69 Å². The van der Waals surface area contributed by atoms with E-state index in [1.807, 2.05) is 37.3 Å². The number of amides is 2. The first-order chi connectivity index (χ1) is 15.4. The fraction of sp³-hybridized carbons (Fsp3) is 0.250. The van der Waals surface area contributed by atoms with Gasteiger partial charge in [-0.1, -0.05) is 36.4 Å². The number of nitrogens with zero attached hydrogens (tertiary/aromatic N) is 2. The molecule has 164 valence electrons. The topological polar surface area (TPSA) is 102 Å². The van der Waals surface area contributed by atoms with Crippen LogP contribution >= 0.6 is 0 Å². The highest BCUT2D eigenvalue weighted by Gasteiger charge is 2.29. The quantitative estimate of drug-likeness (QED) is 0.598. The third-order valence-corrected chi connectivity index (χ3v) is 5.36. The number of carbonyl (C=O) groups is 2. The predicted molar refractivity (Wildman–Crippen MR) is 122 cm³/mol. The molecular formula is C24H24N4O4. The normalized spacial score (nSPS) is 12.9. The van der Waals surface area contributed by atoms with Crippen LogP contribution < -0.4 is 21.9 Å². The summed E-state index contributed by atoms with van der Waals surface area (Å²) in [6.07, 6.45) is 3.23. The first kappa shape index (κ1) is 21.3. The Hall–Kier alpha value is -3.94. The molecule has 1 saturated carbocycles. The SMILES string of the molecule is Cc1ccc(NC(=O)C2CC2)cc1NC(=O)Cn1c(=O)ccn(Cc2ccccc2)c1=O. The molecule has 32 heavy (non-hydrogen) atoms. The van der Waals surface area contributed by atoms with Crippen molar-refractivity contribution in [3.8, 4) is 0 Å². The molecule has 0 saturated heterocycles. The average molecular weight is 432 g/mol. The summed E-state index contributed by atoms with van der Waals surface area (Å²) in [4.78, 5) is 49.7. The first-order valence-corrected chi connectivity index (χ1v) is 10.5. The molecule has 0 radical (unpaired) electrons. The van der Waals surface area contributed by atoms with Gasteiger partial charge < -0.3 is 10.6 Å². The van der Waals surface area contributed by atoms with Crippen molar-refractivity contribution in [2.75, 3.05) is 10.6 Å². The molecule has 8 nitrogen and oxygen atoms in total. The van der Waals surface area contributed by atoms with Crippen molar-refractivity contribution in [3.63, 3.8) is 0 Å². The minimum Gasteiger partial charge on any atom is -0.326 e. The summed E-state index contributed by atoms with van der Waals surface area (Å²) in [5.74, 6) is -0.464. The summed E-state index contributed by atoms with van der Waals surface area (Å²) in [6.45, 7) is 1.71. The van der Waals surface area contributed by atoms with E-state index in [-0.39, 0.29) is 11.8 Å². The molecule has 8 heteroatoms. The van der Waals surface area contributed by atoms with Crippen LogP contribution in [0.2, 0.25) is 0 Å². The van der Waals surface area contributed by atoms with Gasteiger partial charge in [-0.15, -0.1) is 0 Å². The van der Waals surface area contributed by atoms with E-state index in [2.05, 4.69) is 10.6 Å². The van der Waals surface area contributed by atoms with Gasteiger partial charge in [0.05, 0.1) is 6.54 Å². The molecule has 1 aromatic heterocycles. The number of carbonyl (C=O) groups excluding carboxylic acids is 2. The summed E-state index contributed by atoms with van der Waals surface area (Å²) in [5.41, 5.74) is 1.70. The monoisotopic (exact) mass is 432 g/mol. The zero-order valence-electron chi connectivity index (χ0n) is 17.7. The molecule has 0 aliphatic heterocycles. The molecule has 1 heterocycles. The van der Waals surface area contributed by atoms with Crippen molar-refractivity contribution in [2.24, 2.45) is 5.92 Å². The van der Waals surface area contributed by atoms with E-state index < -0.39 is 23.7 Å². The molecule has 2 amide bonds. The van der Waals surface area contributed by atoms with Gasteiger partial charge in [0.2, 0.25) is 11.8 Å². The van der Waals surface area contributed by atoms with Crippen LogP contribution in [0.4, 0.5) is 11.4 Å². The molecule has 3 aromatic rings. The van der Waals surface area contributed by atoms with Crippen LogP contribution in [0.25, 0.3) is 0 Å². The molecular weight excluding hydrogens is 408 g/mol. The Morgan fingerprint density at radius 1 is 1.00 bits per heavy atom. The van der Waals surface area contributed by atoms with E-state index in [0.717, 1.165) is 28.5 Å². The van der Waals surface area contributed by atoms with E-state index >= 15 is 0 Å². The van der Waals surface area contributed by atoms with Crippen molar-refractivity contribution in [1.29, 1.82) is 0 Å². The van der Waals surface area contributed by atoms with Gasteiger partial charge in [0.1, 0.15) is 6.54 Å². The lowest BCUT2D eigenvalue weighted by atomic mass is 10.1. The van der Waals surface area contributed by atoms with Gasteiger partial charge in [-0.3, -0.25) is 23.5 Å². The molecule has 1 aliphatic carbocycles. The summed E-state index contributed by atoms with van der Waals surface area (Å²) in [6, 6.07) is 15.9. The van der Waals surface area contributed by atoms with Crippen LogP contribution in [0.5, 0.6) is 0 Å². The van der Waals surface area contributed by atoms with Crippen molar-refractivity contribution in [3.05, 3.63) is 92.8 Å². The smallest absolute Gasteiger partial charge is 0.326 e. The van der Waals surface area contributed by atoms with Gasteiger partial charge in [-0.05, 0) is 43.0 Å². The highest BCUT2D eigenvalue weighted by Crippen LogP contribution is 2.30. The Kier molecular flexibility index (Phi) is 6.02. The van der Waals surface area contributed by atoms with Crippen LogP contribution in [0, 0.1) is 12.8 Å². The number of aromatic nitrogens is 2. The van der Waals surface area contributed by atoms with Crippen LogP contribution in [-0.4, -0.2) is 20.9 Å². The van der Waals surface area contributed by atoms with Gasteiger partial charge in [0.15, 0.2) is 0 Å². The molecule has 2 aromatic carbocycles. The second kappa shape index (κ2) is 9.05. The Morgan fingerprint density at radius 2 is 1.75 bits per heavy atom. The molecule has 0 bridgehead atoms. The largest absolute Gasteiger partial charge is 0.331 e. The van der Waals surface area contributed by atoms with Gasteiger partial charge in [-0.25, -0.2) is 4.79 Å². The second-order valence-electron chi connectivity index (χ2n) is 7.98. The average Bonchev–Trinajstić information content (AvgIpc) is 3.62. The molecule has 2 N–H and O–H groups in total. The standard InChI is InChI=1S/C24H24N4O4/c1-16-7-10-19(25-23(31)18-8-9-18)13-20(16)26-21(29)15-28-22(30)11-12-27(24(28)32)14-17-5-3-2-4-6-17/h2-7,10-13,18H,8-9,14-15H2,1H3,(H,25,31)(H,26,29). The Labute approximate surface area is 184 Å². The molecule has 0 spiro atoms. The molecule has 1 fully saturated rings. The zero-order valence-corrected chi connectivity index (χ0v) is 17.7. The number of hydrogen-bond donors (Lipinski definition) is 2. The third-order valence-electron chi connectivity index (χ3n) is 5.36. The summed E-state index contributed by atoms with van der Waals surface area (Å²) >= 11 is 0. The van der Waals surface area contributed by atoms with Crippen LogP contribution in [0.1, 0.15) is 24.0 Å². The lowest BCUT2D eigenvalue weighted by Crippen LogP contribution is -2.41. The molecule has 0 atom stereocenters. The number of aryl methyl sites for hydroxylation is 1. The number of hydrogen-bond acceptors (Lipinski definition) is 4. The minimum absolute atomic E-state index is 0.0269. The number of anilines is 2.